The lowest BCUT2D eigenvalue weighted by Gasteiger charge is -2.05. The molecule has 1 aromatic heterocycles. The van der Waals surface area contributed by atoms with Crippen molar-refractivity contribution in [3.8, 4) is 0 Å². The maximum absolute atomic E-state index is 5.91. The van der Waals surface area contributed by atoms with Gasteiger partial charge in [-0.15, -0.1) is 0 Å². The number of aromatic nitrogens is 1. The molecule has 0 aliphatic carbocycles. The van der Waals surface area contributed by atoms with Gasteiger partial charge in [-0.2, -0.15) is 11.8 Å². The van der Waals surface area contributed by atoms with Gasteiger partial charge in [-0.25, -0.2) is 4.98 Å². The number of nitrogens with zero attached hydrogens (tertiary/aromatic N) is 1. The summed E-state index contributed by atoms with van der Waals surface area (Å²) in [5.74, 6) is 1.95. The molecule has 0 saturated carbocycles. The average molecular weight is 217 g/mol. The largest absolute Gasteiger partial charge is 0.369 e. The van der Waals surface area contributed by atoms with E-state index in [1.54, 1.807) is 6.20 Å². The molecule has 0 aliphatic rings. The predicted octanol–water partition coefficient (Wildman–Crippen LogP) is 2.90. The maximum atomic E-state index is 5.91. The molecule has 0 radical (unpaired) electrons. The number of nitrogens with one attached hydrogen (secondary N) is 1. The van der Waals surface area contributed by atoms with Crippen LogP contribution >= 0.6 is 23.4 Å². The lowest BCUT2D eigenvalue weighted by Crippen LogP contribution is -2.04. The summed E-state index contributed by atoms with van der Waals surface area (Å²) in [5.41, 5.74) is 0. The molecule has 1 heterocycles. The monoisotopic (exact) mass is 216 g/mol. The van der Waals surface area contributed by atoms with Crippen molar-refractivity contribution in [3.63, 3.8) is 0 Å². The summed E-state index contributed by atoms with van der Waals surface area (Å²) in [6.07, 6.45) is 4.98. The van der Waals surface area contributed by atoms with E-state index in [0.717, 1.165) is 24.5 Å². The van der Waals surface area contributed by atoms with Crippen LogP contribution in [-0.2, 0) is 0 Å². The average Bonchev–Trinajstić information content (AvgIpc) is 2.15. The Kier molecular flexibility index (Phi) is 5.01. The fourth-order valence-corrected chi connectivity index (χ4v) is 1.56. The molecule has 0 atom stereocenters. The van der Waals surface area contributed by atoms with Gasteiger partial charge in [-0.05, 0) is 30.6 Å². The number of pyridine rings is 1. The molecule has 0 saturated heterocycles. The predicted molar refractivity (Wildman–Crippen MR) is 60.7 cm³/mol. The quantitative estimate of drug-likeness (QED) is 0.767. The number of anilines is 1. The third-order valence-electron chi connectivity index (χ3n) is 1.58. The fraction of sp³-hybridized carbons (Fsp3) is 0.444. The Balaban J connectivity index is 2.32. The second kappa shape index (κ2) is 6.11. The Morgan fingerprint density at radius 3 is 3.15 bits per heavy atom. The van der Waals surface area contributed by atoms with Crippen LogP contribution in [0.4, 0.5) is 5.82 Å². The molecule has 0 aromatic carbocycles. The van der Waals surface area contributed by atoms with Crippen LogP contribution in [0.3, 0.4) is 0 Å². The summed E-state index contributed by atoms with van der Waals surface area (Å²) >= 11 is 7.75. The van der Waals surface area contributed by atoms with Crippen molar-refractivity contribution < 1.29 is 0 Å². The van der Waals surface area contributed by atoms with Gasteiger partial charge in [-0.1, -0.05) is 11.6 Å². The molecule has 1 N–H and O–H groups in total. The van der Waals surface area contributed by atoms with E-state index in [-0.39, 0.29) is 0 Å². The van der Waals surface area contributed by atoms with Gasteiger partial charge in [0.2, 0.25) is 0 Å². The first-order valence-corrected chi connectivity index (χ1v) is 5.95. The second-order valence-electron chi connectivity index (χ2n) is 2.61. The summed E-state index contributed by atoms with van der Waals surface area (Å²) in [4.78, 5) is 4.13. The highest BCUT2D eigenvalue weighted by atomic mass is 35.5. The number of thioether (sulfide) groups is 1. The molecule has 0 unspecified atom stereocenters. The highest BCUT2D eigenvalue weighted by Crippen LogP contribution is 2.16. The fourth-order valence-electron chi connectivity index (χ4n) is 0.939. The third-order valence-corrected chi connectivity index (χ3v) is 2.58. The number of hydrogen-bond acceptors (Lipinski definition) is 3. The zero-order valence-electron chi connectivity index (χ0n) is 7.59. The summed E-state index contributed by atoms with van der Waals surface area (Å²) < 4.78 is 0. The van der Waals surface area contributed by atoms with Gasteiger partial charge in [0.1, 0.15) is 5.82 Å². The smallest absolute Gasteiger partial charge is 0.144 e. The van der Waals surface area contributed by atoms with E-state index in [4.69, 9.17) is 11.6 Å². The van der Waals surface area contributed by atoms with Crippen LogP contribution in [0, 0.1) is 0 Å². The Bertz CT molecular complexity index is 255. The molecule has 13 heavy (non-hydrogen) atoms. The topological polar surface area (TPSA) is 24.9 Å². The SMILES string of the molecule is CSCCCNc1ncccc1Cl. The van der Waals surface area contributed by atoms with Crippen LogP contribution < -0.4 is 5.32 Å². The van der Waals surface area contributed by atoms with Crippen molar-refractivity contribution >= 4 is 29.2 Å². The van der Waals surface area contributed by atoms with Crippen LogP contribution in [0.1, 0.15) is 6.42 Å². The standard InChI is InChI=1S/C9H13ClN2S/c1-13-7-3-6-12-9-8(10)4-2-5-11-9/h2,4-5H,3,6-7H2,1H3,(H,11,12). The molecule has 0 bridgehead atoms. The molecular formula is C9H13ClN2S. The highest BCUT2D eigenvalue weighted by Gasteiger charge is 1.97. The maximum Gasteiger partial charge on any atom is 0.144 e. The van der Waals surface area contributed by atoms with Gasteiger partial charge in [0.25, 0.3) is 0 Å². The molecular weight excluding hydrogens is 204 g/mol. The van der Waals surface area contributed by atoms with Crippen LogP contribution in [0.25, 0.3) is 0 Å². The van der Waals surface area contributed by atoms with Gasteiger partial charge in [0.05, 0.1) is 5.02 Å². The van der Waals surface area contributed by atoms with Crippen LogP contribution in [0.15, 0.2) is 18.3 Å². The van der Waals surface area contributed by atoms with Gasteiger partial charge >= 0.3 is 0 Å². The third kappa shape index (κ3) is 3.87. The first-order valence-electron chi connectivity index (χ1n) is 4.18. The van der Waals surface area contributed by atoms with Crippen molar-refractivity contribution in [2.45, 2.75) is 6.42 Å². The van der Waals surface area contributed by atoms with Crippen molar-refractivity contribution in [2.75, 3.05) is 23.9 Å². The van der Waals surface area contributed by atoms with Crippen LogP contribution in [-0.4, -0.2) is 23.5 Å². The van der Waals surface area contributed by atoms with E-state index in [9.17, 15) is 0 Å². The summed E-state index contributed by atoms with van der Waals surface area (Å²) in [6, 6.07) is 3.67. The Morgan fingerprint density at radius 2 is 2.46 bits per heavy atom. The molecule has 0 aliphatic heterocycles. The molecule has 4 heteroatoms. The lowest BCUT2D eigenvalue weighted by molar-refractivity contribution is 0.982. The van der Waals surface area contributed by atoms with Crippen molar-refractivity contribution in [2.24, 2.45) is 0 Å². The van der Waals surface area contributed by atoms with Crippen molar-refractivity contribution in [1.29, 1.82) is 0 Å². The molecule has 0 fully saturated rings. The first kappa shape index (κ1) is 10.7. The van der Waals surface area contributed by atoms with E-state index < -0.39 is 0 Å². The van der Waals surface area contributed by atoms with E-state index in [2.05, 4.69) is 16.6 Å². The van der Waals surface area contributed by atoms with Crippen LogP contribution in [0.5, 0.6) is 0 Å². The zero-order chi connectivity index (χ0) is 9.52. The normalized spacial score (nSPS) is 10.0. The minimum atomic E-state index is 0.687. The summed E-state index contributed by atoms with van der Waals surface area (Å²) in [7, 11) is 0. The molecule has 0 spiro atoms. The molecule has 0 amide bonds. The van der Waals surface area contributed by atoms with Gasteiger partial charge in [0, 0.05) is 12.7 Å². The van der Waals surface area contributed by atoms with E-state index in [1.807, 2.05) is 23.9 Å². The van der Waals surface area contributed by atoms with E-state index >= 15 is 0 Å². The second-order valence-corrected chi connectivity index (χ2v) is 4.00. The van der Waals surface area contributed by atoms with Gasteiger partial charge in [0.15, 0.2) is 0 Å². The molecule has 72 valence electrons. The van der Waals surface area contributed by atoms with Gasteiger partial charge < -0.3 is 5.32 Å². The summed E-state index contributed by atoms with van der Waals surface area (Å²) in [6.45, 7) is 0.928. The van der Waals surface area contributed by atoms with Gasteiger partial charge in [-0.3, -0.25) is 0 Å². The van der Waals surface area contributed by atoms with E-state index in [1.165, 1.54) is 0 Å². The number of rotatable bonds is 5. The van der Waals surface area contributed by atoms with Crippen molar-refractivity contribution in [1.82, 2.24) is 4.98 Å². The van der Waals surface area contributed by atoms with Crippen LogP contribution in [0.2, 0.25) is 5.02 Å². The summed E-state index contributed by atoms with van der Waals surface area (Å²) in [5, 5.41) is 3.88. The Morgan fingerprint density at radius 1 is 1.62 bits per heavy atom. The highest BCUT2D eigenvalue weighted by molar-refractivity contribution is 7.98. The number of hydrogen-bond donors (Lipinski definition) is 1. The molecule has 1 aromatic rings. The lowest BCUT2D eigenvalue weighted by atomic mass is 10.4. The van der Waals surface area contributed by atoms with Crippen molar-refractivity contribution in [3.05, 3.63) is 23.4 Å². The Labute approximate surface area is 88.1 Å². The minimum Gasteiger partial charge on any atom is -0.369 e. The molecule has 2 nitrogen and oxygen atoms in total. The van der Waals surface area contributed by atoms with E-state index in [0.29, 0.717) is 5.02 Å². The zero-order valence-corrected chi connectivity index (χ0v) is 9.16. The number of halogens is 1. The molecule has 1 rings (SSSR count). The Hall–Kier alpha value is -0.410. The minimum absolute atomic E-state index is 0.687. The first-order chi connectivity index (χ1) is 6.34.